The Kier molecular flexibility index (Phi) is 8.94. The minimum Gasteiger partial charge on any atom is -0.305 e. The summed E-state index contributed by atoms with van der Waals surface area (Å²) in [7, 11) is -1.27. The molecule has 8 rings (SSSR count). The summed E-state index contributed by atoms with van der Waals surface area (Å²) in [6.45, 7) is 9.24. The van der Waals surface area contributed by atoms with E-state index in [9.17, 15) is 4.39 Å². The van der Waals surface area contributed by atoms with Crippen molar-refractivity contribution in [2.24, 2.45) is 5.92 Å². The van der Waals surface area contributed by atoms with Crippen LogP contribution in [-0.2, 0) is 26.5 Å². The van der Waals surface area contributed by atoms with E-state index < -0.39 is 20.3 Å². The SMILES string of the molecule is Cc1cc(-c2[c-]cccc2)ncc1[Si](C)(C)C.[2H]C([2H])(c1cc(-c2[c-]ccc3c2sc2c4ccccc4sc32)ncc1F)C1CCC1.[Ir]. The van der Waals surface area contributed by atoms with Gasteiger partial charge in [-0.25, -0.2) is 4.39 Å². The fraction of sp³-hybridized carbons (Fsp3) is 0.231. The third-order valence-corrected chi connectivity index (χ3v) is 13.2. The van der Waals surface area contributed by atoms with Crippen molar-refractivity contribution in [3.63, 3.8) is 0 Å². The average Bonchev–Trinajstić information content (AvgIpc) is 3.57. The zero-order chi connectivity index (χ0) is 32.9. The van der Waals surface area contributed by atoms with Crippen molar-refractivity contribution in [2.75, 3.05) is 0 Å². The van der Waals surface area contributed by atoms with E-state index in [1.54, 1.807) is 28.7 Å². The van der Waals surface area contributed by atoms with Crippen LogP contribution in [-0.4, -0.2) is 18.0 Å². The predicted molar refractivity (Wildman–Crippen MR) is 194 cm³/mol. The molecule has 0 amide bonds. The van der Waals surface area contributed by atoms with E-state index in [2.05, 4.69) is 97.3 Å². The summed E-state index contributed by atoms with van der Waals surface area (Å²) >= 11 is 3.49. The van der Waals surface area contributed by atoms with E-state index in [0.29, 0.717) is 5.69 Å². The van der Waals surface area contributed by atoms with E-state index >= 15 is 0 Å². The van der Waals surface area contributed by atoms with E-state index in [0.717, 1.165) is 46.2 Å². The van der Waals surface area contributed by atoms with Crippen molar-refractivity contribution in [3.05, 3.63) is 114 Å². The number of benzene rings is 3. The third kappa shape index (κ3) is 6.54. The van der Waals surface area contributed by atoms with Crippen molar-refractivity contribution in [3.8, 4) is 22.5 Å². The van der Waals surface area contributed by atoms with E-state index in [-0.39, 0.29) is 31.6 Å². The van der Waals surface area contributed by atoms with Gasteiger partial charge in [-0.1, -0.05) is 80.2 Å². The molecule has 0 unspecified atom stereocenters. The third-order valence-electron chi connectivity index (χ3n) is 8.43. The molecule has 0 saturated heterocycles. The monoisotopic (exact) mass is 837 g/mol. The van der Waals surface area contributed by atoms with Gasteiger partial charge in [-0.3, -0.25) is 0 Å². The van der Waals surface area contributed by atoms with Gasteiger partial charge in [0.15, 0.2) is 0 Å². The van der Waals surface area contributed by atoms with Gasteiger partial charge in [0.1, 0.15) is 5.82 Å². The second-order valence-electron chi connectivity index (χ2n) is 12.7. The maximum atomic E-state index is 14.6. The van der Waals surface area contributed by atoms with Gasteiger partial charge in [0.05, 0.1) is 14.3 Å². The number of hydrogen-bond donors (Lipinski definition) is 0. The van der Waals surface area contributed by atoms with Crippen molar-refractivity contribution in [2.45, 2.75) is 52.2 Å². The summed E-state index contributed by atoms with van der Waals surface area (Å²) in [6, 6.07) is 30.6. The Balaban J connectivity index is 0.000000191. The predicted octanol–water partition coefficient (Wildman–Crippen LogP) is 11.0. The molecule has 1 fully saturated rings. The molecular formula is C39H35FIrN2S2Si-2. The second-order valence-corrected chi connectivity index (χ2v) is 19.8. The van der Waals surface area contributed by atoms with Crippen LogP contribution in [0.1, 0.15) is 33.1 Å². The molecule has 0 N–H and O–H groups in total. The van der Waals surface area contributed by atoms with Gasteiger partial charge in [0, 0.05) is 48.5 Å². The number of pyridine rings is 2. The average molecular weight is 837 g/mol. The first-order valence-corrected chi connectivity index (χ1v) is 20.5. The van der Waals surface area contributed by atoms with E-state index in [4.69, 9.17) is 2.74 Å². The van der Waals surface area contributed by atoms with E-state index in [1.807, 2.05) is 24.3 Å². The molecule has 1 aliphatic carbocycles. The number of aryl methyl sites for hydroxylation is 1. The zero-order valence-electron chi connectivity index (χ0n) is 28.2. The van der Waals surface area contributed by atoms with Crippen LogP contribution < -0.4 is 5.19 Å². The summed E-state index contributed by atoms with van der Waals surface area (Å²) in [6.07, 6.45) is 4.16. The molecule has 4 heterocycles. The van der Waals surface area contributed by atoms with Crippen LogP contribution in [0.4, 0.5) is 4.39 Å². The number of hydrogen-bond acceptors (Lipinski definition) is 4. The van der Waals surface area contributed by atoms with Gasteiger partial charge in [-0.05, 0) is 52.1 Å². The first kappa shape index (κ1) is 30.3. The molecule has 0 atom stereocenters. The normalized spacial score (nSPS) is 14.3. The second kappa shape index (κ2) is 13.6. The van der Waals surface area contributed by atoms with Crippen LogP contribution in [0.25, 0.3) is 52.1 Å². The number of thiophene rings is 2. The molecule has 1 saturated carbocycles. The van der Waals surface area contributed by atoms with Crippen LogP contribution in [0.15, 0.2) is 85.2 Å². The molecule has 235 valence electrons. The van der Waals surface area contributed by atoms with Crippen LogP contribution >= 0.6 is 22.7 Å². The molecule has 1 radical (unpaired) electrons. The number of aromatic nitrogens is 2. The Labute approximate surface area is 295 Å². The molecule has 1 aliphatic rings. The number of rotatable bonds is 5. The quantitative estimate of drug-likeness (QED) is 0.128. The van der Waals surface area contributed by atoms with Crippen LogP contribution in [0, 0.1) is 30.8 Å². The fourth-order valence-electron chi connectivity index (χ4n) is 5.86. The van der Waals surface area contributed by atoms with Crippen LogP contribution in [0.3, 0.4) is 0 Å². The standard InChI is InChI=1S/C24H17FNS2.C15H18NSi.Ir/c25-19-13-26-20(12-15(19)11-14-5-3-6-14)16-8-4-9-18-22(16)28-23-17-7-1-2-10-21(17)27-24(18)23;1-12-10-14(13-8-6-5-7-9-13)16-11-15(12)17(2,3)4;/h1-2,4,7,9-10,12-14H,3,5-6,11H2;5-8,10-11H,1-4H3;/q2*-1;/i11D2;;. The number of halogens is 1. The zero-order valence-corrected chi connectivity index (χ0v) is 31.2. The molecule has 0 bridgehead atoms. The van der Waals surface area contributed by atoms with Crippen molar-refractivity contribution < 1.29 is 27.2 Å². The molecule has 4 aromatic heterocycles. The van der Waals surface area contributed by atoms with Crippen LogP contribution in [0.2, 0.25) is 19.6 Å². The van der Waals surface area contributed by atoms with Gasteiger partial charge >= 0.3 is 0 Å². The molecule has 2 nitrogen and oxygen atoms in total. The Bertz CT molecular complexity index is 2240. The summed E-state index contributed by atoms with van der Waals surface area (Å²) in [5.41, 5.74) is 4.95. The molecule has 3 aromatic carbocycles. The Hall–Kier alpha value is -3.06. The maximum Gasteiger partial charge on any atom is 0.142 e. The molecule has 7 heteroatoms. The van der Waals surface area contributed by atoms with Gasteiger partial charge < -0.3 is 9.97 Å². The first-order valence-electron chi connectivity index (χ1n) is 16.4. The summed E-state index contributed by atoms with van der Waals surface area (Å²) in [4.78, 5) is 8.91. The van der Waals surface area contributed by atoms with Gasteiger partial charge in [0.25, 0.3) is 0 Å². The molecule has 0 spiro atoms. The largest absolute Gasteiger partial charge is 0.305 e. The summed E-state index contributed by atoms with van der Waals surface area (Å²) in [5.74, 6) is -0.693. The molecule has 7 aromatic rings. The van der Waals surface area contributed by atoms with Gasteiger partial charge in [-0.2, -0.15) is 11.3 Å². The Morgan fingerprint density at radius 2 is 1.63 bits per heavy atom. The van der Waals surface area contributed by atoms with Crippen molar-refractivity contribution >= 4 is 65.5 Å². The molecular weight excluding hydrogens is 800 g/mol. The smallest absolute Gasteiger partial charge is 0.142 e. The fourth-order valence-corrected chi connectivity index (χ4v) is 10.3. The number of nitrogens with zero attached hydrogens (tertiary/aromatic N) is 2. The Morgan fingerprint density at radius 3 is 2.35 bits per heavy atom. The van der Waals surface area contributed by atoms with Gasteiger partial charge in [-0.15, -0.1) is 71.0 Å². The van der Waals surface area contributed by atoms with Crippen LogP contribution in [0.5, 0.6) is 0 Å². The summed E-state index contributed by atoms with van der Waals surface area (Å²) in [5, 5.41) is 3.84. The van der Waals surface area contributed by atoms with Gasteiger partial charge in [0.2, 0.25) is 0 Å². The Morgan fingerprint density at radius 1 is 0.870 bits per heavy atom. The van der Waals surface area contributed by atoms with E-state index in [1.165, 1.54) is 36.4 Å². The molecule has 0 aliphatic heterocycles. The molecule has 46 heavy (non-hydrogen) atoms. The van der Waals surface area contributed by atoms with Crippen molar-refractivity contribution in [1.29, 1.82) is 0 Å². The minimum atomic E-state index is -1.68. The van der Waals surface area contributed by atoms with Crippen molar-refractivity contribution in [1.82, 2.24) is 9.97 Å². The summed E-state index contributed by atoms with van der Waals surface area (Å²) < 4.78 is 36.5. The maximum absolute atomic E-state index is 14.6. The first-order chi connectivity index (χ1) is 22.5. The topological polar surface area (TPSA) is 25.8 Å². The number of fused-ring (bicyclic) bond motifs is 5. The minimum absolute atomic E-state index is 0.